The van der Waals surface area contributed by atoms with Gasteiger partial charge in [-0.2, -0.15) is 0 Å². The van der Waals surface area contributed by atoms with Gasteiger partial charge in [-0.25, -0.2) is 9.80 Å². The maximum Gasteiger partial charge on any atom is 0.329 e. The summed E-state index contributed by atoms with van der Waals surface area (Å²) in [5, 5.41) is 15.5. The third-order valence-electron chi connectivity index (χ3n) is 9.22. The standard InChI is InChI=1S/C26H47N5O3/c32-25(33)19-34-23-16-20-6-4-10-27-26(20)24(17-23)30-12-5-11-29(14-15-30)18-21-9-13-31(28-21)22-7-2-1-3-8-22/h20-24,26-28H,1-19H2,(H,32,33). The predicted octanol–water partition coefficient (Wildman–Crippen LogP) is 1.91. The molecule has 0 aromatic carbocycles. The molecule has 3 saturated heterocycles. The minimum absolute atomic E-state index is 0.0788. The van der Waals surface area contributed by atoms with Gasteiger partial charge in [0.2, 0.25) is 0 Å². The lowest BCUT2D eigenvalue weighted by Crippen LogP contribution is -2.60. The summed E-state index contributed by atoms with van der Waals surface area (Å²) in [6.45, 7) is 7.90. The molecule has 3 aliphatic heterocycles. The van der Waals surface area contributed by atoms with Crippen molar-refractivity contribution in [2.24, 2.45) is 5.92 Å². The molecular formula is C26H47N5O3. The Hall–Kier alpha value is -0.770. The van der Waals surface area contributed by atoms with Crippen LogP contribution in [0, 0.1) is 5.92 Å². The van der Waals surface area contributed by atoms with E-state index in [1.807, 2.05) is 0 Å². The normalized spacial score (nSPS) is 37.4. The van der Waals surface area contributed by atoms with Gasteiger partial charge in [-0.05, 0) is 76.9 Å². The first kappa shape index (κ1) is 24.9. The Morgan fingerprint density at radius 3 is 2.65 bits per heavy atom. The summed E-state index contributed by atoms with van der Waals surface area (Å²) in [6, 6.07) is 2.35. The zero-order valence-corrected chi connectivity index (χ0v) is 21.0. The van der Waals surface area contributed by atoms with Crippen molar-refractivity contribution in [3.05, 3.63) is 0 Å². The van der Waals surface area contributed by atoms with E-state index < -0.39 is 5.97 Å². The number of hydrazine groups is 1. The van der Waals surface area contributed by atoms with Gasteiger partial charge in [-0.15, -0.1) is 0 Å². The zero-order chi connectivity index (χ0) is 23.3. The molecule has 8 nitrogen and oxygen atoms in total. The van der Waals surface area contributed by atoms with Gasteiger partial charge in [0.25, 0.3) is 0 Å². The number of hydrogen-bond donors (Lipinski definition) is 3. The zero-order valence-electron chi connectivity index (χ0n) is 21.0. The Kier molecular flexibility index (Phi) is 8.77. The molecule has 194 valence electrons. The molecule has 0 bridgehead atoms. The highest BCUT2D eigenvalue weighted by molar-refractivity contribution is 5.68. The third kappa shape index (κ3) is 6.31. The average molecular weight is 478 g/mol. The molecule has 3 N–H and O–H groups in total. The van der Waals surface area contributed by atoms with Crippen molar-refractivity contribution in [3.63, 3.8) is 0 Å². The molecule has 5 fully saturated rings. The van der Waals surface area contributed by atoms with Gasteiger partial charge >= 0.3 is 5.97 Å². The van der Waals surface area contributed by atoms with Crippen LogP contribution in [0.2, 0.25) is 0 Å². The summed E-state index contributed by atoms with van der Waals surface area (Å²) < 4.78 is 5.84. The highest BCUT2D eigenvalue weighted by atomic mass is 16.5. The smallest absolute Gasteiger partial charge is 0.329 e. The molecule has 34 heavy (non-hydrogen) atoms. The Labute approximate surface area is 205 Å². The van der Waals surface area contributed by atoms with Gasteiger partial charge in [-0.1, -0.05) is 19.3 Å². The summed E-state index contributed by atoms with van der Waals surface area (Å²) in [4.78, 5) is 16.5. The van der Waals surface area contributed by atoms with Gasteiger partial charge < -0.3 is 20.1 Å². The summed E-state index contributed by atoms with van der Waals surface area (Å²) in [5.41, 5.74) is 3.87. The van der Waals surface area contributed by atoms with E-state index in [9.17, 15) is 4.79 Å². The number of carboxylic acid groups (broad SMARTS) is 1. The molecule has 0 aromatic heterocycles. The molecule has 3 heterocycles. The average Bonchev–Trinajstić information content (AvgIpc) is 3.20. The van der Waals surface area contributed by atoms with Crippen LogP contribution >= 0.6 is 0 Å². The number of aliphatic carboxylic acids is 1. The fourth-order valence-corrected chi connectivity index (χ4v) is 7.53. The maximum absolute atomic E-state index is 11.1. The molecule has 0 spiro atoms. The fraction of sp³-hybridized carbons (Fsp3) is 0.962. The minimum Gasteiger partial charge on any atom is -0.480 e. The monoisotopic (exact) mass is 477 g/mol. The Bertz CT molecular complexity index is 660. The first-order valence-electron chi connectivity index (χ1n) is 14.2. The number of nitrogens with zero attached hydrogens (tertiary/aromatic N) is 3. The summed E-state index contributed by atoms with van der Waals surface area (Å²) in [5.74, 6) is -0.243. The topological polar surface area (TPSA) is 80.3 Å². The van der Waals surface area contributed by atoms with Crippen LogP contribution < -0.4 is 10.7 Å². The molecule has 5 rings (SSSR count). The van der Waals surface area contributed by atoms with Gasteiger partial charge in [-0.3, -0.25) is 10.3 Å². The maximum atomic E-state index is 11.1. The van der Waals surface area contributed by atoms with Crippen LogP contribution in [0.15, 0.2) is 0 Å². The van der Waals surface area contributed by atoms with Crippen LogP contribution in [-0.4, -0.2) is 109 Å². The molecular weight excluding hydrogens is 430 g/mol. The predicted molar refractivity (Wildman–Crippen MR) is 133 cm³/mol. The Morgan fingerprint density at radius 2 is 1.79 bits per heavy atom. The van der Waals surface area contributed by atoms with Crippen molar-refractivity contribution in [2.75, 3.05) is 52.4 Å². The Morgan fingerprint density at radius 1 is 0.912 bits per heavy atom. The van der Waals surface area contributed by atoms with E-state index in [-0.39, 0.29) is 12.7 Å². The number of nitrogens with one attached hydrogen (secondary N) is 2. The summed E-state index contributed by atoms with van der Waals surface area (Å²) in [7, 11) is 0. The molecule has 2 aliphatic carbocycles. The molecule has 8 heteroatoms. The summed E-state index contributed by atoms with van der Waals surface area (Å²) in [6.07, 6.45) is 14.0. The van der Waals surface area contributed by atoms with E-state index in [2.05, 4.69) is 25.6 Å². The van der Waals surface area contributed by atoms with Crippen molar-refractivity contribution in [3.8, 4) is 0 Å². The van der Waals surface area contributed by atoms with E-state index in [1.54, 1.807) is 0 Å². The number of piperidine rings is 1. The first-order chi connectivity index (χ1) is 16.7. The largest absolute Gasteiger partial charge is 0.480 e. The van der Waals surface area contributed by atoms with Crippen LogP contribution in [-0.2, 0) is 9.53 Å². The number of ether oxygens (including phenoxy) is 1. The second kappa shape index (κ2) is 12.0. The summed E-state index contributed by atoms with van der Waals surface area (Å²) >= 11 is 0. The second-order valence-electron chi connectivity index (χ2n) is 11.5. The molecule has 5 atom stereocenters. The van der Waals surface area contributed by atoms with E-state index in [4.69, 9.17) is 9.84 Å². The SMILES string of the molecule is O=C(O)COC1CC2CCCNC2C(N2CCCN(CC3CCN(C4CCCCC4)N3)CC2)C1. The number of hydrogen-bond acceptors (Lipinski definition) is 7. The minimum atomic E-state index is -0.853. The second-order valence-corrected chi connectivity index (χ2v) is 11.5. The van der Waals surface area contributed by atoms with Crippen molar-refractivity contribution in [1.29, 1.82) is 0 Å². The molecule has 5 unspecified atom stereocenters. The fourth-order valence-electron chi connectivity index (χ4n) is 7.53. The molecule has 2 saturated carbocycles. The van der Waals surface area contributed by atoms with Crippen LogP contribution in [0.4, 0.5) is 0 Å². The lowest BCUT2D eigenvalue weighted by molar-refractivity contribution is -0.146. The van der Waals surface area contributed by atoms with Gasteiger partial charge in [0.05, 0.1) is 6.10 Å². The first-order valence-corrected chi connectivity index (χ1v) is 14.2. The number of carboxylic acids is 1. The lowest BCUT2D eigenvalue weighted by Gasteiger charge is -2.48. The van der Waals surface area contributed by atoms with E-state index in [0.29, 0.717) is 24.0 Å². The quantitative estimate of drug-likeness (QED) is 0.513. The van der Waals surface area contributed by atoms with Crippen LogP contribution in [0.3, 0.4) is 0 Å². The number of rotatable bonds is 7. The van der Waals surface area contributed by atoms with Crippen LogP contribution in [0.1, 0.15) is 70.6 Å². The van der Waals surface area contributed by atoms with E-state index >= 15 is 0 Å². The van der Waals surface area contributed by atoms with Crippen molar-refractivity contribution < 1.29 is 14.6 Å². The van der Waals surface area contributed by atoms with E-state index in [0.717, 1.165) is 51.6 Å². The van der Waals surface area contributed by atoms with Crippen LogP contribution in [0.5, 0.6) is 0 Å². The molecule has 0 aromatic rings. The molecule has 0 radical (unpaired) electrons. The lowest BCUT2D eigenvalue weighted by atomic mass is 9.74. The molecule has 5 aliphatic rings. The van der Waals surface area contributed by atoms with Gasteiger partial charge in [0.1, 0.15) is 6.61 Å². The number of fused-ring (bicyclic) bond motifs is 1. The molecule has 0 amide bonds. The third-order valence-corrected chi connectivity index (χ3v) is 9.22. The highest BCUT2D eigenvalue weighted by Gasteiger charge is 2.42. The van der Waals surface area contributed by atoms with Crippen LogP contribution in [0.25, 0.3) is 0 Å². The van der Waals surface area contributed by atoms with Crippen molar-refractivity contribution in [1.82, 2.24) is 25.6 Å². The van der Waals surface area contributed by atoms with Crippen molar-refractivity contribution in [2.45, 2.75) is 101 Å². The van der Waals surface area contributed by atoms with Gasteiger partial charge in [0, 0.05) is 50.3 Å². The number of carbonyl (C=O) groups is 1. The highest BCUT2D eigenvalue weighted by Crippen LogP contribution is 2.35. The van der Waals surface area contributed by atoms with E-state index in [1.165, 1.54) is 70.9 Å². The van der Waals surface area contributed by atoms with Gasteiger partial charge in [0.15, 0.2) is 0 Å². The van der Waals surface area contributed by atoms with Crippen molar-refractivity contribution >= 4 is 5.97 Å². The Balaban J connectivity index is 1.13.